The van der Waals surface area contributed by atoms with Gasteiger partial charge in [0, 0.05) is 43.9 Å². The average Bonchev–Trinajstić information content (AvgIpc) is 2.83. The largest absolute Gasteiger partial charge is 0.497 e. The summed E-state index contributed by atoms with van der Waals surface area (Å²) in [6.07, 6.45) is 1.68. The van der Waals surface area contributed by atoms with E-state index < -0.39 is 6.04 Å². The highest BCUT2D eigenvalue weighted by atomic mass is 16.5. The summed E-state index contributed by atoms with van der Waals surface area (Å²) < 4.78 is 7.02. The molecule has 8 heteroatoms. The highest BCUT2D eigenvalue weighted by Crippen LogP contribution is 2.34. The number of hydrogen-bond acceptors (Lipinski definition) is 4. The Bertz CT molecular complexity index is 1080. The number of ether oxygens (including phenoxy) is 1. The number of piperidine rings is 1. The Balaban J connectivity index is 1.33. The molecule has 2 aliphatic rings. The van der Waals surface area contributed by atoms with Gasteiger partial charge in [0.15, 0.2) is 0 Å². The smallest absolute Gasteiger partial charge is 0.318 e. The van der Waals surface area contributed by atoms with Gasteiger partial charge in [0.25, 0.3) is 5.56 Å². The van der Waals surface area contributed by atoms with E-state index >= 15 is 0 Å². The van der Waals surface area contributed by atoms with Crippen LogP contribution in [0.5, 0.6) is 5.75 Å². The number of carbonyl (C=O) groups excluding carboxylic acids is 2. The van der Waals surface area contributed by atoms with E-state index in [-0.39, 0.29) is 35.3 Å². The molecule has 1 fully saturated rings. The quantitative estimate of drug-likeness (QED) is 0.655. The van der Waals surface area contributed by atoms with Gasteiger partial charge in [-0.05, 0) is 48.4 Å². The zero-order chi connectivity index (χ0) is 24.2. The van der Waals surface area contributed by atoms with Crippen molar-refractivity contribution < 1.29 is 14.3 Å². The summed E-state index contributed by atoms with van der Waals surface area (Å²) in [5.41, 5.74) is 2.12. The topological polar surface area (TPSA) is 92.7 Å². The summed E-state index contributed by atoms with van der Waals surface area (Å²) in [4.78, 5) is 40.1. The SMILES string of the molecule is COc1ccc(CCNC(=O)[C@@H](NC(=O)N2C[C@@H]3C[C@H](C2)c2cccc(=O)n2C3)C(C)C)cc1. The first-order valence-electron chi connectivity index (χ1n) is 12.0. The molecule has 1 aromatic heterocycles. The zero-order valence-corrected chi connectivity index (χ0v) is 20.1. The molecule has 2 N–H and O–H groups in total. The standard InChI is InChI=1S/C26H34N4O4/c1-17(2)24(25(32)27-12-11-18-7-9-21(34-3)10-8-18)28-26(33)29-14-19-13-20(16-29)22-5-4-6-23(31)30(22)15-19/h4-10,17,19-20,24H,11-16H2,1-3H3,(H,27,32)(H,28,33)/t19-,20+,24-/m0/s1. The van der Waals surface area contributed by atoms with Crippen LogP contribution >= 0.6 is 0 Å². The fourth-order valence-electron chi connectivity index (χ4n) is 5.05. The molecular weight excluding hydrogens is 432 g/mol. The van der Waals surface area contributed by atoms with E-state index in [0.717, 1.165) is 23.4 Å². The number of amides is 3. The lowest BCUT2D eigenvalue weighted by atomic mass is 9.83. The maximum absolute atomic E-state index is 13.1. The van der Waals surface area contributed by atoms with Gasteiger partial charge in [-0.25, -0.2) is 4.79 Å². The first-order chi connectivity index (χ1) is 16.4. The fraction of sp³-hybridized carbons (Fsp3) is 0.500. The second-order valence-corrected chi connectivity index (χ2v) is 9.66. The van der Waals surface area contributed by atoms with Crippen LogP contribution in [0.25, 0.3) is 0 Å². The predicted octanol–water partition coefficient (Wildman–Crippen LogP) is 2.37. The van der Waals surface area contributed by atoms with Crippen LogP contribution in [0, 0.1) is 11.8 Å². The Labute approximate surface area is 200 Å². The minimum absolute atomic E-state index is 0.0243. The van der Waals surface area contributed by atoms with Gasteiger partial charge in [-0.2, -0.15) is 0 Å². The average molecular weight is 467 g/mol. The monoisotopic (exact) mass is 466 g/mol. The molecule has 0 aliphatic carbocycles. The number of nitrogens with one attached hydrogen (secondary N) is 2. The van der Waals surface area contributed by atoms with E-state index in [2.05, 4.69) is 10.6 Å². The third-order valence-electron chi connectivity index (χ3n) is 6.87. The number of rotatable bonds is 7. The molecule has 3 amide bonds. The number of methoxy groups -OCH3 is 1. The Morgan fingerprint density at radius 1 is 1.09 bits per heavy atom. The molecule has 3 atom stereocenters. The molecule has 0 spiro atoms. The van der Waals surface area contributed by atoms with E-state index in [1.807, 2.05) is 48.7 Å². The summed E-state index contributed by atoms with van der Waals surface area (Å²) >= 11 is 0. The van der Waals surface area contributed by atoms with Gasteiger partial charge >= 0.3 is 6.03 Å². The molecule has 1 aromatic carbocycles. The maximum atomic E-state index is 13.1. The number of aromatic nitrogens is 1. The number of nitrogens with zero attached hydrogens (tertiary/aromatic N) is 2. The van der Waals surface area contributed by atoms with Gasteiger partial charge in [0.2, 0.25) is 5.91 Å². The van der Waals surface area contributed by atoms with Crippen molar-refractivity contribution in [1.82, 2.24) is 20.1 Å². The first-order valence-corrected chi connectivity index (χ1v) is 12.0. The molecule has 2 aliphatic heterocycles. The third-order valence-corrected chi connectivity index (χ3v) is 6.87. The van der Waals surface area contributed by atoms with Crippen LogP contribution in [0.3, 0.4) is 0 Å². The van der Waals surface area contributed by atoms with Crippen LogP contribution in [0.15, 0.2) is 47.3 Å². The Kier molecular flexibility index (Phi) is 7.24. The van der Waals surface area contributed by atoms with Gasteiger partial charge in [-0.3, -0.25) is 9.59 Å². The summed E-state index contributed by atoms with van der Waals surface area (Å²) in [6, 6.07) is 12.3. The lowest BCUT2D eigenvalue weighted by Crippen LogP contribution is -2.57. The van der Waals surface area contributed by atoms with Crippen molar-refractivity contribution in [2.75, 3.05) is 26.7 Å². The fourth-order valence-corrected chi connectivity index (χ4v) is 5.05. The van der Waals surface area contributed by atoms with Crippen molar-refractivity contribution in [3.05, 3.63) is 64.1 Å². The number of hydrogen-bond donors (Lipinski definition) is 2. The van der Waals surface area contributed by atoms with Crippen molar-refractivity contribution >= 4 is 11.9 Å². The van der Waals surface area contributed by atoms with Crippen molar-refractivity contribution in [3.63, 3.8) is 0 Å². The van der Waals surface area contributed by atoms with Gasteiger partial charge < -0.3 is 24.8 Å². The Hall–Kier alpha value is -3.29. The van der Waals surface area contributed by atoms with Gasteiger partial charge in [0.1, 0.15) is 11.8 Å². The van der Waals surface area contributed by atoms with Crippen molar-refractivity contribution in [1.29, 1.82) is 0 Å². The molecule has 0 radical (unpaired) electrons. The number of likely N-dealkylation sites (tertiary alicyclic amines) is 1. The minimum Gasteiger partial charge on any atom is -0.497 e. The van der Waals surface area contributed by atoms with Crippen molar-refractivity contribution in [2.24, 2.45) is 11.8 Å². The molecular formula is C26H34N4O4. The molecule has 34 heavy (non-hydrogen) atoms. The van der Waals surface area contributed by atoms with Gasteiger partial charge in [-0.15, -0.1) is 0 Å². The number of carbonyl (C=O) groups is 2. The van der Waals surface area contributed by atoms with Crippen molar-refractivity contribution in [2.45, 2.75) is 45.2 Å². The maximum Gasteiger partial charge on any atom is 0.318 e. The second-order valence-electron chi connectivity index (χ2n) is 9.66. The second kappa shape index (κ2) is 10.3. The number of fused-ring (bicyclic) bond motifs is 4. The van der Waals surface area contributed by atoms with Crippen LogP contribution in [0.4, 0.5) is 4.79 Å². The van der Waals surface area contributed by atoms with Gasteiger partial charge in [-0.1, -0.05) is 32.0 Å². The molecule has 1 saturated heterocycles. The normalized spacial score (nSPS) is 19.8. The van der Waals surface area contributed by atoms with Crippen molar-refractivity contribution in [3.8, 4) is 5.75 Å². The van der Waals surface area contributed by atoms with E-state index in [0.29, 0.717) is 32.6 Å². The van der Waals surface area contributed by atoms with Crippen LogP contribution in [-0.2, 0) is 17.8 Å². The van der Waals surface area contributed by atoms with Crippen LogP contribution in [0.2, 0.25) is 0 Å². The highest BCUT2D eigenvalue weighted by molar-refractivity contribution is 5.87. The zero-order valence-electron chi connectivity index (χ0n) is 20.1. The number of urea groups is 1. The molecule has 182 valence electrons. The molecule has 3 heterocycles. The van der Waals surface area contributed by atoms with Crippen LogP contribution in [0.1, 0.15) is 37.4 Å². The minimum atomic E-state index is -0.611. The molecule has 0 unspecified atom stereocenters. The summed E-state index contributed by atoms with van der Waals surface area (Å²) in [5, 5.41) is 5.93. The number of pyridine rings is 1. The van der Waals surface area contributed by atoms with E-state index in [4.69, 9.17) is 4.74 Å². The molecule has 0 saturated carbocycles. The summed E-state index contributed by atoms with van der Waals surface area (Å²) in [5.74, 6) is 0.961. The number of benzene rings is 1. The Morgan fingerprint density at radius 2 is 1.85 bits per heavy atom. The van der Waals surface area contributed by atoms with E-state index in [1.54, 1.807) is 24.1 Å². The third kappa shape index (κ3) is 5.26. The molecule has 2 aromatic rings. The van der Waals surface area contributed by atoms with Crippen LogP contribution in [-0.4, -0.2) is 54.2 Å². The summed E-state index contributed by atoms with van der Waals surface area (Å²) in [7, 11) is 1.63. The van der Waals surface area contributed by atoms with Crippen LogP contribution < -0.4 is 20.9 Å². The Morgan fingerprint density at radius 3 is 2.56 bits per heavy atom. The molecule has 8 nitrogen and oxygen atoms in total. The highest BCUT2D eigenvalue weighted by Gasteiger charge is 2.37. The van der Waals surface area contributed by atoms with Gasteiger partial charge in [0.05, 0.1) is 7.11 Å². The first kappa shape index (κ1) is 23.9. The molecule has 2 bridgehead atoms. The van der Waals surface area contributed by atoms with E-state index in [1.165, 1.54) is 0 Å². The lowest BCUT2D eigenvalue weighted by molar-refractivity contribution is -0.123. The lowest BCUT2D eigenvalue weighted by Gasteiger charge is -2.43. The van der Waals surface area contributed by atoms with E-state index in [9.17, 15) is 14.4 Å². The predicted molar refractivity (Wildman–Crippen MR) is 130 cm³/mol. The summed E-state index contributed by atoms with van der Waals surface area (Å²) in [6.45, 7) is 6.13. The molecule has 4 rings (SSSR count).